The molecule has 0 radical (unpaired) electrons. The van der Waals surface area contributed by atoms with Crippen LogP contribution in [0.1, 0.15) is 58.8 Å². The molecule has 0 saturated heterocycles. The van der Waals surface area contributed by atoms with Crippen molar-refractivity contribution in [1.82, 2.24) is 0 Å². The van der Waals surface area contributed by atoms with E-state index in [1.807, 2.05) is 6.92 Å². The summed E-state index contributed by atoms with van der Waals surface area (Å²) in [4.78, 5) is 12.6. The number of rotatable bonds is 3. The van der Waals surface area contributed by atoms with Gasteiger partial charge in [0.05, 0.1) is 0 Å². The smallest absolute Gasteiger partial charge is 0.143 e. The number of hydrogen-bond acceptors (Lipinski definition) is 1. The van der Waals surface area contributed by atoms with Gasteiger partial charge in [0.25, 0.3) is 0 Å². The quantitative estimate of drug-likeness (QED) is 0.669. The van der Waals surface area contributed by atoms with Crippen LogP contribution in [0.4, 0.5) is 0 Å². The van der Waals surface area contributed by atoms with E-state index in [9.17, 15) is 4.79 Å². The van der Waals surface area contributed by atoms with Crippen LogP contribution in [-0.4, -0.2) is 5.78 Å². The van der Waals surface area contributed by atoms with Crippen LogP contribution in [0.5, 0.6) is 0 Å². The maximum atomic E-state index is 12.6. The summed E-state index contributed by atoms with van der Waals surface area (Å²) in [5.41, 5.74) is 1.57. The molecule has 4 aliphatic carbocycles. The van der Waals surface area contributed by atoms with Crippen LogP contribution in [0.15, 0.2) is 12.2 Å². The summed E-state index contributed by atoms with van der Waals surface area (Å²) in [7, 11) is 0. The van der Waals surface area contributed by atoms with E-state index >= 15 is 0 Å². The molecule has 2 unspecified atom stereocenters. The fraction of sp³-hybridized carbons (Fsp3) is 0.812. The lowest BCUT2D eigenvalue weighted by atomic mass is 9.43. The fourth-order valence-electron chi connectivity index (χ4n) is 5.51. The van der Waals surface area contributed by atoms with Crippen LogP contribution in [0.3, 0.4) is 0 Å². The molecule has 4 fully saturated rings. The third-order valence-corrected chi connectivity index (χ3v) is 5.41. The minimum absolute atomic E-state index is 0.0534. The summed E-state index contributed by atoms with van der Waals surface area (Å²) >= 11 is 0. The van der Waals surface area contributed by atoms with Gasteiger partial charge in [-0.05, 0) is 62.7 Å². The molecule has 4 aliphatic rings. The van der Waals surface area contributed by atoms with Gasteiger partial charge in [-0.25, -0.2) is 0 Å². The van der Waals surface area contributed by atoms with E-state index in [1.165, 1.54) is 38.5 Å². The number of allylic oxidation sites excluding steroid dienone is 1. The van der Waals surface area contributed by atoms with Gasteiger partial charge >= 0.3 is 0 Å². The summed E-state index contributed by atoms with van der Waals surface area (Å²) in [6, 6.07) is 0. The minimum Gasteiger partial charge on any atom is -0.299 e. The van der Waals surface area contributed by atoms with Gasteiger partial charge in [0.2, 0.25) is 0 Å². The normalized spacial score (nSPS) is 47.2. The highest BCUT2D eigenvalue weighted by atomic mass is 16.1. The SMILES string of the molecule is C=C(C)CC(=O)C12CC3CC(CC(C)(C3)C1)C2. The number of carbonyl (C=O) groups excluding carboxylic acids is 1. The zero-order valence-corrected chi connectivity index (χ0v) is 11.2. The molecule has 0 aromatic rings. The lowest BCUT2D eigenvalue weighted by Gasteiger charge is -2.60. The Morgan fingerprint density at radius 1 is 1.24 bits per heavy atom. The highest BCUT2D eigenvalue weighted by Crippen LogP contribution is 2.65. The van der Waals surface area contributed by atoms with Crippen molar-refractivity contribution in [3.63, 3.8) is 0 Å². The molecule has 2 atom stereocenters. The third kappa shape index (κ3) is 1.78. The van der Waals surface area contributed by atoms with E-state index in [2.05, 4.69) is 13.5 Å². The molecule has 0 N–H and O–H groups in total. The van der Waals surface area contributed by atoms with Crippen LogP contribution in [-0.2, 0) is 4.79 Å². The molecule has 4 rings (SSSR count). The molecule has 0 aromatic carbocycles. The number of ketones is 1. The van der Waals surface area contributed by atoms with Gasteiger partial charge in [-0.15, -0.1) is 0 Å². The fourth-order valence-corrected chi connectivity index (χ4v) is 5.51. The molecular formula is C16H24O. The topological polar surface area (TPSA) is 17.1 Å². The van der Waals surface area contributed by atoms with Gasteiger partial charge in [0.15, 0.2) is 0 Å². The summed E-state index contributed by atoms with van der Waals surface area (Å²) in [6.07, 6.45) is 8.32. The third-order valence-electron chi connectivity index (χ3n) is 5.41. The molecule has 0 spiro atoms. The van der Waals surface area contributed by atoms with Gasteiger partial charge in [-0.1, -0.05) is 19.1 Å². The molecule has 0 heterocycles. The number of hydrogen-bond donors (Lipinski definition) is 0. The number of carbonyl (C=O) groups is 1. The highest BCUT2D eigenvalue weighted by Gasteiger charge is 2.58. The first-order valence-electron chi connectivity index (χ1n) is 7.09. The summed E-state index contributed by atoms with van der Waals surface area (Å²) in [6.45, 7) is 8.33. The molecule has 0 aromatic heterocycles. The van der Waals surface area contributed by atoms with Gasteiger partial charge in [0, 0.05) is 11.8 Å². The first-order valence-corrected chi connectivity index (χ1v) is 7.09. The maximum absolute atomic E-state index is 12.6. The van der Waals surface area contributed by atoms with Crippen molar-refractivity contribution in [2.24, 2.45) is 22.7 Å². The summed E-state index contributed by atoms with van der Waals surface area (Å²) in [5, 5.41) is 0. The average Bonchev–Trinajstić information content (AvgIpc) is 2.11. The highest BCUT2D eigenvalue weighted by molar-refractivity contribution is 5.87. The van der Waals surface area contributed by atoms with Gasteiger partial charge in [0.1, 0.15) is 5.78 Å². The molecule has 1 heteroatoms. The Morgan fingerprint density at radius 2 is 1.82 bits per heavy atom. The predicted octanol–water partition coefficient (Wildman–Crippen LogP) is 4.13. The molecule has 94 valence electrons. The van der Waals surface area contributed by atoms with Crippen molar-refractivity contribution < 1.29 is 4.79 Å². The standard InChI is InChI=1S/C16H24O/c1-11(2)4-14(17)16-8-12-5-13(9-16)7-15(3,6-12)10-16/h12-13H,1,4-10H2,2-3H3. The Balaban J connectivity index is 1.88. The van der Waals surface area contributed by atoms with Crippen molar-refractivity contribution in [2.45, 2.75) is 58.8 Å². The van der Waals surface area contributed by atoms with Gasteiger partial charge in [-0.2, -0.15) is 0 Å². The van der Waals surface area contributed by atoms with E-state index in [0.29, 0.717) is 17.6 Å². The summed E-state index contributed by atoms with van der Waals surface area (Å²) in [5.74, 6) is 2.19. The predicted molar refractivity (Wildman–Crippen MR) is 69.7 cm³/mol. The largest absolute Gasteiger partial charge is 0.299 e. The summed E-state index contributed by atoms with van der Waals surface area (Å²) < 4.78 is 0. The first-order chi connectivity index (χ1) is 7.91. The van der Waals surface area contributed by atoms with E-state index in [-0.39, 0.29) is 5.41 Å². The maximum Gasteiger partial charge on any atom is 0.143 e. The Hall–Kier alpha value is -0.590. The zero-order valence-electron chi connectivity index (χ0n) is 11.2. The molecular weight excluding hydrogens is 208 g/mol. The lowest BCUT2D eigenvalue weighted by molar-refractivity contribution is -0.152. The second-order valence-electron chi connectivity index (χ2n) is 7.61. The zero-order chi connectivity index (χ0) is 12.3. The van der Waals surface area contributed by atoms with Crippen molar-refractivity contribution in [2.75, 3.05) is 0 Å². The van der Waals surface area contributed by atoms with Gasteiger partial charge < -0.3 is 0 Å². The van der Waals surface area contributed by atoms with E-state index in [1.54, 1.807) is 0 Å². The molecule has 0 aliphatic heterocycles. The van der Waals surface area contributed by atoms with Crippen molar-refractivity contribution >= 4 is 5.78 Å². The molecule has 4 saturated carbocycles. The van der Waals surface area contributed by atoms with Crippen LogP contribution >= 0.6 is 0 Å². The van der Waals surface area contributed by atoms with Crippen molar-refractivity contribution in [1.29, 1.82) is 0 Å². The van der Waals surface area contributed by atoms with Crippen LogP contribution in [0, 0.1) is 22.7 Å². The Bertz CT molecular complexity index is 365. The minimum atomic E-state index is 0.0534. The Kier molecular flexibility index (Phi) is 2.34. The number of Topliss-reactive ketones (excluding diaryl/α,β-unsaturated/α-hetero) is 1. The van der Waals surface area contributed by atoms with E-state index in [4.69, 9.17) is 0 Å². The van der Waals surface area contributed by atoms with Crippen LogP contribution in [0.25, 0.3) is 0 Å². The molecule has 4 bridgehead atoms. The second kappa shape index (κ2) is 3.46. The molecule has 1 nitrogen and oxygen atoms in total. The van der Waals surface area contributed by atoms with E-state index < -0.39 is 0 Å². The van der Waals surface area contributed by atoms with Crippen LogP contribution in [0.2, 0.25) is 0 Å². The van der Waals surface area contributed by atoms with Crippen molar-refractivity contribution in [3.8, 4) is 0 Å². The lowest BCUT2D eigenvalue weighted by Crippen LogP contribution is -2.54. The molecule has 17 heavy (non-hydrogen) atoms. The molecule has 0 amide bonds. The average molecular weight is 232 g/mol. The van der Waals surface area contributed by atoms with Crippen LogP contribution < -0.4 is 0 Å². The second-order valence-corrected chi connectivity index (χ2v) is 7.61. The first kappa shape index (κ1) is 11.5. The Labute approximate surface area is 105 Å². The monoisotopic (exact) mass is 232 g/mol. The Morgan fingerprint density at radius 3 is 2.29 bits per heavy atom. The van der Waals surface area contributed by atoms with Crippen molar-refractivity contribution in [3.05, 3.63) is 12.2 Å². The van der Waals surface area contributed by atoms with Gasteiger partial charge in [-0.3, -0.25) is 4.79 Å². The van der Waals surface area contributed by atoms with E-state index in [0.717, 1.165) is 17.4 Å².